The highest BCUT2D eigenvalue weighted by atomic mass is 16.5. The summed E-state index contributed by atoms with van der Waals surface area (Å²) in [7, 11) is 3.19. The number of anilines is 1. The first kappa shape index (κ1) is 21.0. The number of rotatable bonds is 6. The van der Waals surface area contributed by atoms with Crippen molar-refractivity contribution in [2.75, 3.05) is 19.5 Å². The smallest absolute Gasteiger partial charge is 0.312 e. The molecule has 0 heterocycles. The van der Waals surface area contributed by atoms with Crippen LogP contribution in [0.2, 0.25) is 0 Å². The third-order valence-electron chi connectivity index (χ3n) is 6.15. The number of aliphatic hydroxyl groups excluding tert-OH is 1. The Kier molecular flexibility index (Phi) is 5.75. The van der Waals surface area contributed by atoms with Crippen LogP contribution in [0.15, 0.2) is 35.4 Å². The molecule has 29 heavy (non-hydrogen) atoms. The quantitative estimate of drug-likeness (QED) is 0.473. The minimum absolute atomic E-state index is 0.315. The summed E-state index contributed by atoms with van der Waals surface area (Å²) in [5.74, 6) is -0.635. The first-order chi connectivity index (χ1) is 13.8. The number of hydrogen-bond donors (Lipinski definition) is 3. The number of aryl methyl sites for hydroxylation is 1. The molecule has 0 bridgehead atoms. The Hall–Kier alpha value is -2.73. The largest absolute Gasteiger partial charge is 0.469 e. The zero-order chi connectivity index (χ0) is 21.3. The Bertz CT molecular complexity index is 953. The molecule has 6 heteroatoms. The molecule has 154 valence electrons. The number of esters is 1. The number of carbonyl (C=O) groups excluding carboxylic acids is 1. The Morgan fingerprint density at radius 2 is 2.07 bits per heavy atom. The van der Waals surface area contributed by atoms with Gasteiger partial charge < -0.3 is 15.2 Å². The first-order valence-electron chi connectivity index (χ1n) is 9.84. The number of aliphatic hydroxyl groups is 1. The van der Waals surface area contributed by atoms with Crippen LogP contribution in [0.5, 0.6) is 0 Å². The summed E-state index contributed by atoms with van der Waals surface area (Å²) < 4.78 is 5.13. The average molecular weight is 396 g/mol. The topological polar surface area (TPSA) is 94.8 Å². The van der Waals surface area contributed by atoms with Gasteiger partial charge in [-0.15, -0.1) is 0 Å². The van der Waals surface area contributed by atoms with Crippen LogP contribution in [0, 0.1) is 17.9 Å². The second-order valence-electron chi connectivity index (χ2n) is 8.20. The molecule has 6 nitrogen and oxygen atoms in total. The van der Waals surface area contributed by atoms with E-state index in [4.69, 9.17) is 10.3 Å². The SMILES string of the molecule is CNc1ccc([C@H](c2ccc3c(c2)C(O)CC3)C(C)(C)C(=O)OC)c(C)c1N=N. The van der Waals surface area contributed by atoms with Gasteiger partial charge in [-0.05, 0) is 67.5 Å². The number of fused-ring (bicyclic) bond motifs is 1. The predicted molar refractivity (Wildman–Crippen MR) is 113 cm³/mol. The van der Waals surface area contributed by atoms with Crippen molar-refractivity contribution in [3.8, 4) is 0 Å². The molecule has 0 amide bonds. The van der Waals surface area contributed by atoms with E-state index >= 15 is 0 Å². The lowest BCUT2D eigenvalue weighted by atomic mass is 9.69. The van der Waals surface area contributed by atoms with E-state index in [1.165, 1.54) is 7.11 Å². The Morgan fingerprint density at radius 3 is 2.69 bits per heavy atom. The van der Waals surface area contributed by atoms with Crippen LogP contribution in [0.1, 0.15) is 60.1 Å². The van der Waals surface area contributed by atoms with Gasteiger partial charge in [0.15, 0.2) is 0 Å². The van der Waals surface area contributed by atoms with E-state index in [1.54, 1.807) is 7.05 Å². The molecule has 2 aromatic rings. The second-order valence-corrected chi connectivity index (χ2v) is 8.20. The first-order valence-corrected chi connectivity index (χ1v) is 9.84. The molecule has 0 saturated carbocycles. The van der Waals surface area contributed by atoms with Crippen molar-refractivity contribution in [2.45, 2.75) is 45.6 Å². The second kappa shape index (κ2) is 7.95. The number of benzene rings is 2. The fraction of sp³-hybridized carbons (Fsp3) is 0.435. The van der Waals surface area contributed by atoms with Gasteiger partial charge in [0.2, 0.25) is 0 Å². The van der Waals surface area contributed by atoms with Gasteiger partial charge in [0.25, 0.3) is 0 Å². The maximum atomic E-state index is 12.8. The van der Waals surface area contributed by atoms with Crippen LogP contribution in [-0.2, 0) is 16.0 Å². The maximum Gasteiger partial charge on any atom is 0.312 e. The van der Waals surface area contributed by atoms with E-state index in [1.807, 2.05) is 51.1 Å². The van der Waals surface area contributed by atoms with Crippen molar-refractivity contribution in [3.05, 3.63) is 58.1 Å². The minimum Gasteiger partial charge on any atom is -0.469 e. The highest BCUT2D eigenvalue weighted by Gasteiger charge is 2.41. The van der Waals surface area contributed by atoms with E-state index in [0.717, 1.165) is 46.3 Å². The van der Waals surface area contributed by atoms with Gasteiger partial charge in [0.05, 0.1) is 24.3 Å². The fourth-order valence-corrected chi connectivity index (χ4v) is 4.52. The van der Waals surface area contributed by atoms with Crippen molar-refractivity contribution in [2.24, 2.45) is 10.5 Å². The Labute approximate surface area is 171 Å². The lowest BCUT2D eigenvalue weighted by Gasteiger charge is -2.34. The fourth-order valence-electron chi connectivity index (χ4n) is 4.52. The van der Waals surface area contributed by atoms with E-state index in [0.29, 0.717) is 5.69 Å². The minimum atomic E-state index is -0.863. The summed E-state index contributed by atoms with van der Waals surface area (Å²) >= 11 is 0. The standard InChI is InChI=1S/C23H29N3O3/c1-13-16(9-10-18(25-4)21(13)26-24)20(23(2,3)22(28)29-5)15-7-6-14-8-11-19(27)17(14)12-15/h6-7,9-10,12,19-20,24-25,27H,8,11H2,1-5H3/t19?,20-/m0/s1. The van der Waals surface area contributed by atoms with Crippen molar-refractivity contribution in [3.63, 3.8) is 0 Å². The summed E-state index contributed by atoms with van der Waals surface area (Å²) in [4.78, 5) is 12.8. The number of nitrogens with one attached hydrogen (secondary N) is 2. The van der Waals surface area contributed by atoms with Gasteiger partial charge in [-0.25, -0.2) is 5.53 Å². The van der Waals surface area contributed by atoms with Gasteiger partial charge in [-0.3, -0.25) is 4.79 Å². The van der Waals surface area contributed by atoms with Gasteiger partial charge in [-0.1, -0.05) is 24.3 Å². The molecule has 1 aliphatic rings. The number of ether oxygens (including phenoxy) is 1. The molecule has 0 radical (unpaired) electrons. The lowest BCUT2D eigenvalue weighted by molar-refractivity contribution is -0.151. The number of nitrogens with zero attached hydrogens (tertiary/aromatic N) is 1. The monoisotopic (exact) mass is 395 g/mol. The molecular formula is C23H29N3O3. The lowest BCUT2D eigenvalue weighted by Crippen LogP contribution is -2.34. The molecule has 3 N–H and O–H groups in total. The number of methoxy groups -OCH3 is 1. The van der Waals surface area contributed by atoms with Crippen LogP contribution < -0.4 is 5.32 Å². The molecule has 2 aromatic carbocycles. The van der Waals surface area contributed by atoms with E-state index in [-0.39, 0.29) is 11.9 Å². The molecule has 2 atom stereocenters. The highest BCUT2D eigenvalue weighted by Crippen LogP contribution is 2.47. The third-order valence-corrected chi connectivity index (χ3v) is 6.15. The van der Waals surface area contributed by atoms with Crippen LogP contribution in [0.4, 0.5) is 11.4 Å². The molecule has 0 saturated heterocycles. The van der Waals surface area contributed by atoms with E-state index in [9.17, 15) is 9.90 Å². The highest BCUT2D eigenvalue weighted by molar-refractivity contribution is 5.79. The van der Waals surface area contributed by atoms with Crippen molar-refractivity contribution in [1.82, 2.24) is 0 Å². The van der Waals surface area contributed by atoms with Gasteiger partial charge in [0.1, 0.15) is 5.69 Å². The zero-order valence-electron chi connectivity index (χ0n) is 17.7. The summed E-state index contributed by atoms with van der Waals surface area (Å²) in [6.45, 7) is 5.66. The Morgan fingerprint density at radius 1 is 1.34 bits per heavy atom. The summed E-state index contributed by atoms with van der Waals surface area (Å²) in [6, 6.07) is 9.97. The van der Waals surface area contributed by atoms with E-state index in [2.05, 4.69) is 10.4 Å². The van der Waals surface area contributed by atoms with E-state index < -0.39 is 11.5 Å². The molecule has 0 spiro atoms. The molecule has 0 aliphatic heterocycles. The Balaban J connectivity index is 2.25. The van der Waals surface area contributed by atoms with Crippen LogP contribution in [0.3, 0.4) is 0 Å². The summed E-state index contributed by atoms with van der Waals surface area (Å²) in [5.41, 5.74) is 12.9. The van der Waals surface area contributed by atoms with Crippen LogP contribution in [-0.4, -0.2) is 25.2 Å². The summed E-state index contributed by atoms with van der Waals surface area (Å²) in [6.07, 6.45) is 1.11. The zero-order valence-corrected chi connectivity index (χ0v) is 17.7. The van der Waals surface area contributed by atoms with Gasteiger partial charge in [-0.2, -0.15) is 5.11 Å². The molecule has 1 aliphatic carbocycles. The van der Waals surface area contributed by atoms with Gasteiger partial charge in [0, 0.05) is 13.0 Å². The van der Waals surface area contributed by atoms with Crippen molar-refractivity contribution in [1.29, 1.82) is 5.53 Å². The van der Waals surface area contributed by atoms with Crippen LogP contribution in [0.25, 0.3) is 0 Å². The molecular weight excluding hydrogens is 366 g/mol. The number of carbonyl (C=O) groups is 1. The van der Waals surface area contributed by atoms with Gasteiger partial charge >= 0.3 is 5.97 Å². The third kappa shape index (κ3) is 3.53. The van der Waals surface area contributed by atoms with Crippen LogP contribution >= 0.6 is 0 Å². The molecule has 1 unspecified atom stereocenters. The molecule has 0 aromatic heterocycles. The summed E-state index contributed by atoms with van der Waals surface area (Å²) in [5, 5.41) is 17.2. The predicted octanol–water partition coefficient (Wildman–Crippen LogP) is 5.01. The average Bonchev–Trinajstić information content (AvgIpc) is 3.08. The number of hydrogen-bond acceptors (Lipinski definition) is 6. The normalized spacial score (nSPS) is 16.8. The van der Waals surface area contributed by atoms with Crippen molar-refractivity contribution < 1.29 is 14.6 Å². The molecule has 3 rings (SSSR count). The maximum absolute atomic E-state index is 12.8. The molecule has 0 fully saturated rings. The van der Waals surface area contributed by atoms with Crippen molar-refractivity contribution >= 4 is 17.3 Å².